The molecule has 0 unspecified atom stereocenters. The minimum atomic E-state index is -1.62. The van der Waals surface area contributed by atoms with Crippen molar-refractivity contribution in [3.8, 4) is 5.69 Å². The van der Waals surface area contributed by atoms with Gasteiger partial charge in [-0.25, -0.2) is 18.0 Å². The molecule has 0 radical (unpaired) electrons. The number of benzene rings is 2. The van der Waals surface area contributed by atoms with Crippen molar-refractivity contribution >= 4 is 34.2 Å². The summed E-state index contributed by atoms with van der Waals surface area (Å²) < 4.78 is 42.6. The van der Waals surface area contributed by atoms with Gasteiger partial charge in [0.05, 0.1) is 16.6 Å². The summed E-state index contributed by atoms with van der Waals surface area (Å²) in [5.41, 5.74) is 3.23. The molecule has 1 aromatic heterocycles. The Hall–Kier alpha value is -3.00. The number of nitrogens with zero attached hydrogens (tertiary/aromatic N) is 1. The predicted octanol–water partition coefficient (Wildman–Crippen LogP) is 3.34. The van der Waals surface area contributed by atoms with Crippen LogP contribution >= 0.6 is 11.6 Å². The Bertz CT molecular complexity index is 1110. The zero-order chi connectivity index (χ0) is 18.5. The standard InChI is InChI=1S/C16H8ClF3N2O3/c17-12-13(20)10(19)4-7-14(12)22(5-8(15(7)23)16(24)25)11-3-6(21)1-2-9(11)18/h1-5H,21H2,(H,24,25). The van der Waals surface area contributed by atoms with E-state index in [9.17, 15) is 27.9 Å². The summed E-state index contributed by atoms with van der Waals surface area (Å²) in [6.07, 6.45) is 0.786. The van der Waals surface area contributed by atoms with Crippen molar-refractivity contribution < 1.29 is 23.1 Å². The van der Waals surface area contributed by atoms with Gasteiger partial charge in [0, 0.05) is 11.9 Å². The number of aromatic carboxylic acids is 1. The number of pyridine rings is 1. The van der Waals surface area contributed by atoms with Crippen molar-refractivity contribution in [2.24, 2.45) is 0 Å². The second kappa shape index (κ2) is 5.82. The van der Waals surface area contributed by atoms with Gasteiger partial charge < -0.3 is 15.4 Å². The average molecular weight is 369 g/mol. The van der Waals surface area contributed by atoms with Crippen LogP contribution in [0.5, 0.6) is 0 Å². The molecule has 0 atom stereocenters. The van der Waals surface area contributed by atoms with Crippen LogP contribution in [0.4, 0.5) is 18.9 Å². The van der Waals surface area contributed by atoms with Crippen molar-refractivity contribution in [2.75, 3.05) is 5.73 Å². The molecule has 0 spiro atoms. The number of rotatable bonds is 2. The van der Waals surface area contributed by atoms with E-state index < -0.39 is 44.8 Å². The number of fused-ring (bicyclic) bond motifs is 1. The van der Waals surface area contributed by atoms with E-state index in [1.165, 1.54) is 6.07 Å². The lowest BCUT2D eigenvalue weighted by molar-refractivity contribution is 0.0695. The van der Waals surface area contributed by atoms with Crippen LogP contribution in [0.1, 0.15) is 10.4 Å². The molecule has 1 heterocycles. The van der Waals surface area contributed by atoms with Gasteiger partial charge in [0.1, 0.15) is 16.4 Å². The third-order valence-electron chi connectivity index (χ3n) is 3.58. The van der Waals surface area contributed by atoms with Crippen LogP contribution in [0, 0.1) is 17.5 Å². The molecule has 0 saturated carbocycles. The number of hydrogen-bond acceptors (Lipinski definition) is 3. The summed E-state index contributed by atoms with van der Waals surface area (Å²) in [5, 5.41) is 7.89. The van der Waals surface area contributed by atoms with Gasteiger partial charge in [-0.15, -0.1) is 0 Å². The molecule has 3 rings (SSSR count). The Kier molecular flexibility index (Phi) is 3.92. The molecule has 2 aromatic carbocycles. The second-order valence-corrected chi connectivity index (χ2v) is 5.52. The lowest BCUT2D eigenvalue weighted by atomic mass is 10.1. The molecule has 0 saturated heterocycles. The van der Waals surface area contributed by atoms with Crippen LogP contribution < -0.4 is 11.2 Å². The molecule has 0 bridgehead atoms. The van der Waals surface area contributed by atoms with Crippen LogP contribution in [0.3, 0.4) is 0 Å². The van der Waals surface area contributed by atoms with Crippen LogP contribution in [-0.2, 0) is 0 Å². The van der Waals surface area contributed by atoms with Gasteiger partial charge in [-0.2, -0.15) is 0 Å². The zero-order valence-electron chi connectivity index (χ0n) is 12.2. The van der Waals surface area contributed by atoms with Crippen LogP contribution in [-0.4, -0.2) is 15.6 Å². The van der Waals surface area contributed by atoms with E-state index in [0.29, 0.717) is 6.07 Å². The number of halogens is 4. The first-order chi connectivity index (χ1) is 11.7. The van der Waals surface area contributed by atoms with E-state index in [1.807, 2.05) is 0 Å². The van der Waals surface area contributed by atoms with Gasteiger partial charge in [0.15, 0.2) is 11.6 Å². The summed E-state index contributed by atoms with van der Waals surface area (Å²) in [6.45, 7) is 0. The fraction of sp³-hybridized carbons (Fsp3) is 0. The molecule has 0 amide bonds. The molecular formula is C16H8ClF3N2O3. The molecule has 0 aliphatic rings. The first kappa shape index (κ1) is 16.8. The fourth-order valence-electron chi connectivity index (χ4n) is 2.45. The molecule has 3 aromatic rings. The highest BCUT2D eigenvalue weighted by molar-refractivity contribution is 6.35. The maximum absolute atomic E-state index is 14.2. The van der Waals surface area contributed by atoms with E-state index in [4.69, 9.17) is 17.3 Å². The first-order valence-corrected chi connectivity index (χ1v) is 7.11. The van der Waals surface area contributed by atoms with Crippen LogP contribution in [0.15, 0.2) is 35.3 Å². The van der Waals surface area contributed by atoms with Gasteiger partial charge in [-0.1, -0.05) is 11.6 Å². The van der Waals surface area contributed by atoms with Gasteiger partial charge in [-0.3, -0.25) is 4.79 Å². The monoisotopic (exact) mass is 368 g/mol. The maximum Gasteiger partial charge on any atom is 0.341 e. The quantitative estimate of drug-likeness (QED) is 0.536. The molecule has 0 aliphatic carbocycles. The summed E-state index contributed by atoms with van der Waals surface area (Å²) in [4.78, 5) is 23.6. The van der Waals surface area contributed by atoms with Gasteiger partial charge in [0.25, 0.3) is 0 Å². The molecular weight excluding hydrogens is 361 g/mol. The Morgan fingerprint density at radius 2 is 1.84 bits per heavy atom. The minimum absolute atomic E-state index is 0.124. The Labute approximate surface area is 142 Å². The molecule has 9 heteroatoms. The predicted molar refractivity (Wildman–Crippen MR) is 85.8 cm³/mol. The molecule has 128 valence electrons. The van der Waals surface area contributed by atoms with E-state index >= 15 is 0 Å². The summed E-state index contributed by atoms with van der Waals surface area (Å²) in [7, 11) is 0. The lowest BCUT2D eigenvalue weighted by Crippen LogP contribution is -2.19. The highest BCUT2D eigenvalue weighted by Gasteiger charge is 2.22. The largest absolute Gasteiger partial charge is 0.477 e. The van der Waals surface area contributed by atoms with Gasteiger partial charge in [-0.05, 0) is 24.3 Å². The molecule has 25 heavy (non-hydrogen) atoms. The third kappa shape index (κ3) is 2.60. The highest BCUT2D eigenvalue weighted by atomic mass is 35.5. The number of aromatic nitrogens is 1. The van der Waals surface area contributed by atoms with Crippen molar-refractivity contribution in [1.82, 2.24) is 4.57 Å². The number of hydrogen-bond donors (Lipinski definition) is 2. The summed E-state index contributed by atoms with van der Waals surface area (Å²) >= 11 is 5.81. The minimum Gasteiger partial charge on any atom is -0.477 e. The van der Waals surface area contributed by atoms with Crippen LogP contribution in [0.2, 0.25) is 5.02 Å². The fourth-order valence-corrected chi connectivity index (χ4v) is 2.73. The molecule has 3 N–H and O–H groups in total. The number of carboxylic acids is 1. The van der Waals surface area contributed by atoms with E-state index in [2.05, 4.69) is 0 Å². The van der Waals surface area contributed by atoms with E-state index in [0.717, 1.165) is 22.9 Å². The van der Waals surface area contributed by atoms with Crippen molar-refractivity contribution in [2.45, 2.75) is 0 Å². The zero-order valence-corrected chi connectivity index (χ0v) is 12.9. The second-order valence-electron chi connectivity index (χ2n) is 5.14. The van der Waals surface area contributed by atoms with Gasteiger partial charge >= 0.3 is 5.97 Å². The first-order valence-electron chi connectivity index (χ1n) is 6.74. The molecule has 0 fully saturated rings. The maximum atomic E-state index is 14.2. The summed E-state index contributed by atoms with van der Waals surface area (Å²) in [5.74, 6) is -5.34. The van der Waals surface area contributed by atoms with E-state index in [-0.39, 0.29) is 16.9 Å². The Morgan fingerprint density at radius 1 is 1.16 bits per heavy atom. The number of carboxylic acid groups (broad SMARTS) is 1. The Morgan fingerprint density at radius 3 is 2.48 bits per heavy atom. The SMILES string of the molecule is Nc1ccc(F)c(-n2cc(C(=O)O)c(=O)c3cc(F)c(F)c(Cl)c32)c1. The highest BCUT2D eigenvalue weighted by Crippen LogP contribution is 2.30. The summed E-state index contributed by atoms with van der Waals surface area (Å²) in [6, 6.07) is 3.92. The average Bonchev–Trinajstić information content (AvgIpc) is 2.55. The van der Waals surface area contributed by atoms with Gasteiger partial charge in [0.2, 0.25) is 5.43 Å². The Balaban J connectivity index is 2.60. The van der Waals surface area contributed by atoms with Crippen molar-refractivity contribution in [3.05, 3.63) is 68.7 Å². The number of carbonyl (C=O) groups is 1. The number of nitrogens with two attached hydrogens (primary N) is 1. The third-order valence-corrected chi connectivity index (χ3v) is 3.93. The lowest BCUT2D eigenvalue weighted by Gasteiger charge is -2.15. The van der Waals surface area contributed by atoms with Crippen LogP contribution in [0.25, 0.3) is 16.6 Å². The smallest absolute Gasteiger partial charge is 0.341 e. The van der Waals surface area contributed by atoms with E-state index in [1.54, 1.807) is 0 Å². The molecule has 0 aliphatic heterocycles. The number of anilines is 1. The molecule has 5 nitrogen and oxygen atoms in total. The van der Waals surface area contributed by atoms with Crippen molar-refractivity contribution in [3.63, 3.8) is 0 Å². The normalized spacial score (nSPS) is 11.0. The topological polar surface area (TPSA) is 85.3 Å². The number of nitrogen functional groups attached to an aromatic ring is 1. The van der Waals surface area contributed by atoms with Crippen molar-refractivity contribution in [1.29, 1.82) is 0 Å².